The average Bonchev–Trinajstić information content (AvgIpc) is 2.70. The van der Waals surface area contributed by atoms with Gasteiger partial charge in [-0.2, -0.15) is 0 Å². The molecule has 1 aromatic carbocycles. The molecule has 21 heavy (non-hydrogen) atoms. The number of rotatable bonds is 5. The van der Waals surface area contributed by atoms with Gasteiger partial charge in [-0.3, -0.25) is 0 Å². The molecule has 2 rings (SSSR count). The van der Waals surface area contributed by atoms with Crippen LogP contribution in [0.4, 0.5) is 0 Å². The summed E-state index contributed by atoms with van der Waals surface area (Å²) in [6.07, 6.45) is 0. The van der Waals surface area contributed by atoms with Gasteiger partial charge in [0.15, 0.2) is 0 Å². The van der Waals surface area contributed by atoms with E-state index in [0.717, 1.165) is 34.9 Å². The summed E-state index contributed by atoms with van der Waals surface area (Å²) in [6.45, 7) is 8.99. The fraction of sp³-hybridized carbons (Fsp3) is 0.412. The summed E-state index contributed by atoms with van der Waals surface area (Å²) in [5.74, 6) is 2.70. The fourth-order valence-corrected chi connectivity index (χ4v) is 2.92. The van der Waals surface area contributed by atoms with Crippen molar-refractivity contribution in [3.8, 4) is 5.75 Å². The van der Waals surface area contributed by atoms with Crippen LogP contribution in [0.3, 0.4) is 0 Å². The maximum atomic E-state index is 6.18. The Morgan fingerprint density at radius 1 is 1.24 bits per heavy atom. The quantitative estimate of drug-likeness (QED) is 0.879. The number of methoxy groups -OCH3 is 1. The smallest absolute Gasteiger partial charge is 0.124 e. The van der Waals surface area contributed by atoms with Gasteiger partial charge >= 0.3 is 0 Å². The Kier molecular flexibility index (Phi) is 4.96. The van der Waals surface area contributed by atoms with Gasteiger partial charge in [0.05, 0.1) is 13.2 Å². The van der Waals surface area contributed by atoms with Crippen LogP contribution in [-0.2, 0) is 0 Å². The fourth-order valence-electron chi connectivity index (χ4n) is 2.74. The zero-order valence-corrected chi connectivity index (χ0v) is 14.0. The number of benzene rings is 1. The third kappa shape index (κ3) is 3.09. The molecule has 0 fully saturated rings. The van der Waals surface area contributed by atoms with Crippen LogP contribution in [0.15, 0.2) is 22.6 Å². The van der Waals surface area contributed by atoms with Crippen molar-refractivity contribution in [2.75, 3.05) is 13.7 Å². The first kappa shape index (κ1) is 15.9. The van der Waals surface area contributed by atoms with E-state index in [0.29, 0.717) is 5.02 Å². The van der Waals surface area contributed by atoms with Crippen LogP contribution in [0, 0.1) is 20.8 Å². The molecule has 114 valence electrons. The largest absolute Gasteiger partial charge is 0.496 e. The summed E-state index contributed by atoms with van der Waals surface area (Å²) in [5.41, 5.74) is 3.36. The van der Waals surface area contributed by atoms with Crippen molar-refractivity contribution in [1.29, 1.82) is 0 Å². The molecule has 1 N–H and O–H groups in total. The first-order valence-electron chi connectivity index (χ1n) is 7.12. The molecule has 0 spiro atoms. The van der Waals surface area contributed by atoms with Crippen molar-refractivity contribution in [1.82, 2.24) is 5.32 Å². The van der Waals surface area contributed by atoms with E-state index >= 15 is 0 Å². The summed E-state index contributed by atoms with van der Waals surface area (Å²) in [6, 6.07) is 5.70. The Hall–Kier alpha value is -1.45. The second kappa shape index (κ2) is 6.54. The van der Waals surface area contributed by atoms with Crippen molar-refractivity contribution < 1.29 is 9.15 Å². The van der Waals surface area contributed by atoms with E-state index in [9.17, 15) is 0 Å². The Bertz CT molecular complexity index is 634. The van der Waals surface area contributed by atoms with Gasteiger partial charge in [-0.25, -0.2) is 0 Å². The van der Waals surface area contributed by atoms with Gasteiger partial charge in [-0.1, -0.05) is 18.5 Å². The van der Waals surface area contributed by atoms with Crippen LogP contribution >= 0.6 is 11.6 Å². The first-order chi connectivity index (χ1) is 9.99. The van der Waals surface area contributed by atoms with Gasteiger partial charge in [0.25, 0.3) is 0 Å². The number of halogens is 1. The normalized spacial score (nSPS) is 12.5. The molecule has 0 bridgehead atoms. The lowest BCUT2D eigenvalue weighted by Crippen LogP contribution is -2.23. The molecular weight excluding hydrogens is 286 g/mol. The van der Waals surface area contributed by atoms with Crippen molar-refractivity contribution >= 4 is 11.6 Å². The number of furan rings is 1. The van der Waals surface area contributed by atoms with Crippen LogP contribution in [0.2, 0.25) is 5.02 Å². The van der Waals surface area contributed by atoms with E-state index < -0.39 is 0 Å². The van der Waals surface area contributed by atoms with E-state index in [4.69, 9.17) is 20.8 Å². The van der Waals surface area contributed by atoms with Crippen molar-refractivity contribution in [2.24, 2.45) is 0 Å². The van der Waals surface area contributed by atoms with Gasteiger partial charge in [0.1, 0.15) is 17.3 Å². The number of nitrogens with one attached hydrogen (secondary N) is 1. The van der Waals surface area contributed by atoms with Gasteiger partial charge in [0, 0.05) is 16.1 Å². The SMILES string of the molecule is CCNC(c1cc(Cl)ccc1OC)c1c(C)oc(C)c1C. The zero-order chi connectivity index (χ0) is 15.6. The van der Waals surface area contributed by atoms with E-state index in [1.807, 2.05) is 32.0 Å². The first-order valence-corrected chi connectivity index (χ1v) is 7.50. The van der Waals surface area contributed by atoms with Crippen molar-refractivity contribution in [2.45, 2.75) is 33.7 Å². The molecule has 0 radical (unpaired) electrons. The number of hydrogen-bond donors (Lipinski definition) is 1. The van der Waals surface area contributed by atoms with Crippen LogP contribution in [-0.4, -0.2) is 13.7 Å². The Morgan fingerprint density at radius 3 is 2.48 bits per heavy atom. The Labute approximate surface area is 131 Å². The van der Waals surface area contributed by atoms with E-state index in [-0.39, 0.29) is 6.04 Å². The van der Waals surface area contributed by atoms with Crippen molar-refractivity contribution in [3.63, 3.8) is 0 Å². The van der Waals surface area contributed by atoms with Gasteiger partial charge in [-0.05, 0) is 51.1 Å². The summed E-state index contributed by atoms with van der Waals surface area (Å²) < 4.78 is 11.3. The number of aryl methyl sites for hydroxylation is 2. The summed E-state index contributed by atoms with van der Waals surface area (Å²) in [7, 11) is 1.68. The molecule has 0 amide bonds. The van der Waals surface area contributed by atoms with E-state index in [2.05, 4.69) is 19.2 Å². The third-order valence-electron chi connectivity index (χ3n) is 3.82. The number of hydrogen-bond acceptors (Lipinski definition) is 3. The summed E-state index contributed by atoms with van der Waals surface area (Å²) >= 11 is 6.18. The van der Waals surface area contributed by atoms with Crippen LogP contribution in [0.1, 0.15) is 41.2 Å². The molecule has 0 saturated carbocycles. The summed E-state index contributed by atoms with van der Waals surface area (Å²) in [5, 5.41) is 4.21. The molecule has 0 aliphatic rings. The molecule has 0 aliphatic carbocycles. The molecule has 4 heteroatoms. The number of ether oxygens (including phenoxy) is 1. The molecule has 0 aliphatic heterocycles. The molecule has 0 saturated heterocycles. The van der Waals surface area contributed by atoms with E-state index in [1.165, 1.54) is 5.56 Å². The van der Waals surface area contributed by atoms with Crippen LogP contribution in [0.5, 0.6) is 5.75 Å². The van der Waals surface area contributed by atoms with Crippen LogP contribution in [0.25, 0.3) is 0 Å². The minimum absolute atomic E-state index is 0.00102. The minimum atomic E-state index is 0.00102. The standard InChI is InChI=1S/C17H22ClNO2/c1-6-19-17(16-10(2)11(3)21-12(16)4)14-9-13(18)7-8-15(14)20-5/h7-9,17,19H,6H2,1-5H3. The molecule has 1 heterocycles. The lowest BCUT2D eigenvalue weighted by molar-refractivity contribution is 0.403. The lowest BCUT2D eigenvalue weighted by atomic mass is 9.94. The van der Waals surface area contributed by atoms with Crippen molar-refractivity contribution in [3.05, 3.63) is 51.4 Å². The highest BCUT2D eigenvalue weighted by Gasteiger charge is 2.24. The Balaban J connectivity index is 2.61. The monoisotopic (exact) mass is 307 g/mol. The molecule has 1 atom stereocenters. The van der Waals surface area contributed by atoms with E-state index in [1.54, 1.807) is 7.11 Å². The maximum Gasteiger partial charge on any atom is 0.124 e. The van der Waals surface area contributed by atoms with Gasteiger partial charge in [0.2, 0.25) is 0 Å². The topological polar surface area (TPSA) is 34.4 Å². The maximum absolute atomic E-state index is 6.18. The zero-order valence-electron chi connectivity index (χ0n) is 13.2. The predicted octanol–water partition coefficient (Wildman–Crippen LogP) is 4.57. The third-order valence-corrected chi connectivity index (χ3v) is 4.05. The molecule has 1 aromatic heterocycles. The molecule has 2 aromatic rings. The highest BCUT2D eigenvalue weighted by Crippen LogP contribution is 2.36. The minimum Gasteiger partial charge on any atom is -0.496 e. The average molecular weight is 308 g/mol. The molecule has 1 unspecified atom stereocenters. The molecular formula is C17H22ClNO2. The van der Waals surface area contributed by atoms with Gasteiger partial charge in [-0.15, -0.1) is 0 Å². The van der Waals surface area contributed by atoms with Gasteiger partial charge < -0.3 is 14.5 Å². The second-order valence-corrected chi connectivity index (χ2v) is 5.57. The van der Waals surface area contributed by atoms with Crippen LogP contribution < -0.4 is 10.1 Å². The summed E-state index contributed by atoms with van der Waals surface area (Å²) in [4.78, 5) is 0. The lowest BCUT2D eigenvalue weighted by Gasteiger charge is -2.22. The highest BCUT2D eigenvalue weighted by molar-refractivity contribution is 6.30. The Morgan fingerprint density at radius 2 is 1.95 bits per heavy atom. The second-order valence-electron chi connectivity index (χ2n) is 5.13. The predicted molar refractivity (Wildman–Crippen MR) is 86.4 cm³/mol. The highest BCUT2D eigenvalue weighted by atomic mass is 35.5. The molecule has 3 nitrogen and oxygen atoms in total.